The molecule has 0 spiro atoms. The lowest BCUT2D eigenvalue weighted by atomic mass is 9.93. The van der Waals surface area contributed by atoms with Crippen LogP contribution in [0, 0.1) is 5.92 Å². The van der Waals surface area contributed by atoms with Gasteiger partial charge in [-0.1, -0.05) is 42.5 Å². The molecular formula is C25H32N2O3. The third-order valence-corrected chi connectivity index (χ3v) is 6.25. The average Bonchev–Trinajstić information content (AvgIpc) is 2.93. The van der Waals surface area contributed by atoms with Gasteiger partial charge in [0, 0.05) is 26.2 Å². The Morgan fingerprint density at radius 2 is 1.90 bits per heavy atom. The first-order valence-corrected chi connectivity index (χ1v) is 11.0. The Labute approximate surface area is 179 Å². The van der Waals surface area contributed by atoms with Gasteiger partial charge in [0.25, 0.3) is 0 Å². The Balaban J connectivity index is 1.35. The monoisotopic (exact) mass is 408 g/mol. The number of benzene rings is 2. The highest BCUT2D eigenvalue weighted by atomic mass is 16.5. The smallest absolute Gasteiger partial charge is 0.229 e. The lowest BCUT2D eigenvalue weighted by Crippen LogP contribution is -2.49. The maximum Gasteiger partial charge on any atom is 0.229 e. The van der Waals surface area contributed by atoms with Crippen LogP contribution in [0.1, 0.15) is 24.0 Å². The molecule has 2 aliphatic rings. The summed E-state index contributed by atoms with van der Waals surface area (Å²) >= 11 is 0. The number of ether oxygens (including phenoxy) is 2. The van der Waals surface area contributed by atoms with Gasteiger partial charge >= 0.3 is 0 Å². The summed E-state index contributed by atoms with van der Waals surface area (Å²) in [5, 5.41) is 0. The third kappa shape index (κ3) is 5.21. The summed E-state index contributed by atoms with van der Waals surface area (Å²) in [5.41, 5.74) is 2.47. The van der Waals surface area contributed by atoms with Crippen LogP contribution in [-0.4, -0.2) is 61.7 Å². The van der Waals surface area contributed by atoms with Crippen molar-refractivity contribution in [1.29, 1.82) is 0 Å². The highest BCUT2D eigenvalue weighted by Gasteiger charge is 2.39. The van der Waals surface area contributed by atoms with Gasteiger partial charge in [0.05, 0.1) is 25.7 Å². The van der Waals surface area contributed by atoms with Crippen molar-refractivity contribution in [3.8, 4) is 5.75 Å². The summed E-state index contributed by atoms with van der Waals surface area (Å²) < 4.78 is 11.4. The molecular weight excluding hydrogens is 376 g/mol. The molecule has 2 saturated heterocycles. The molecule has 1 amide bonds. The molecule has 4 rings (SSSR count). The number of nitrogens with zero attached hydrogens (tertiary/aromatic N) is 2. The number of hydrogen-bond acceptors (Lipinski definition) is 4. The highest BCUT2D eigenvalue weighted by Crippen LogP contribution is 2.26. The van der Waals surface area contributed by atoms with E-state index in [9.17, 15) is 4.79 Å². The Morgan fingerprint density at radius 1 is 1.07 bits per heavy atom. The normalized spacial score (nSPS) is 22.4. The minimum atomic E-state index is -0.0661. The van der Waals surface area contributed by atoms with Crippen LogP contribution in [0.15, 0.2) is 54.6 Å². The van der Waals surface area contributed by atoms with Crippen LogP contribution in [0.4, 0.5) is 0 Å². The van der Waals surface area contributed by atoms with E-state index in [1.54, 1.807) is 7.11 Å². The van der Waals surface area contributed by atoms with Gasteiger partial charge in [0.2, 0.25) is 5.91 Å². The molecule has 0 aliphatic carbocycles. The number of piperidine rings is 1. The largest absolute Gasteiger partial charge is 0.497 e. The molecule has 0 saturated carbocycles. The number of hydrogen-bond donors (Lipinski definition) is 0. The van der Waals surface area contributed by atoms with Crippen molar-refractivity contribution in [2.45, 2.75) is 31.9 Å². The van der Waals surface area contributed by atoms with Crippen molar-refractivity contribution in [3.63, 3.8) is 0 Å². The fourth-order valence-electron chi connectivity index (χ4n) is 4.60. The lowest BCUT2D eigenvalue weighted by Gasteiger charge is -2.37. The molecule has 2 aliphatic heterocycles. The first-order chi connectivity index (χ1) is 14.7. The Kier molecular flexibility index (Phi) is 7.03. The zero-order valence-electron chi connectivity index (χ0n) is 17.8. The first-order valence-electron chi connectivity index (χ1n) is 11.0. The molecule has 160 valence electrons. The Morgan fingerprint density at radius 3 is 2.73 bits per heavy atom. The van der Waals surface area contributed by atoms with Crippen molar-refractivity contribution >= 4 is 5.91 Å². The second-order valence-corrected chi connectivity index (χ2v) is 8.31. The fraction of sp³-hybridized carbons (Fsp3) is 0.480. The van der Waals surface area contributed by atoms with Crippen molar-refractivity contribution in [1.82, 2.24) is 9.80 Å². The van der Waals surface area contributed by atoms with E-state index in [0.29, 0.717) is 19.7 Å². The molecule has 2 aromatic rings. The van der Waals surface area contributed by atoms with Crippen molar-refractivity contribution in [2.24, 2.45) is 5.92 Å². The summed E-state index contributed by atoms with van der Waals surface area (Å²) in [5.74, 6) is 0.989. The number of amides is 1. The van der Waals surface area contributed by atoms with Crippen LogP contribution in [0.25, 0.3) is 0 Å². The molecule has 2 fully saturated rings. The van der Waals surface area contributed by atoms with Crippen LogP contribution in [0.3, 0.4) is 0 Å². The number of rotatable bonds is 7. The molecule has 2 unspecified atom stereocenters. The predicted octanol–water partition coefficient (Wildman–Crippen LogP) is 3.38. The fourth-order valence-corrected chi connectivity index (χ4v) is 4.60. The minimum Gasteiger partial charge on any atom is -0.497 e. The number of carbonyl (C=O) groups excluding carboxylic acids is 1. The van der Waals surface area contributed by atoms with Gasteiger partial charge in [-0.2, -0.15) is 0 Å². The number of fused-ring (bicyclic) bond motifs is 1. The van der Waals surface area contributed by atoms with Crippen molar-refractivity contribution in [3.05, 3.63) is 65.7 Å². The highest BCUT2D eigenvalue weighted by molar-refractivity contribution is 5.80. The zero-order chi connectivity index (χ0) is 20.8. The van der Waals surface area contributed by atoms with Crippen LogP contribution in [-0.2, 0) is 22.5 Å². The zero-order valence-corrected chi connectivity index (χ0v) is 17.8. The van der Waals surface area contributed by atoms with Crippen LogP contribution < -0.4 is 4.74 Å². The summed E-state index contributed by atoms with van der Waals surface area (Å²) in [6.07, 6.45) is 3.19. The summed E-state index contributed by atoms with van der Waals surface area (Å²) in [6.45, 7) is 4.71. The molecule has 30 heavy (non-hydrogen) atoms. The minimum absolute atomic E-state index is 0.0539. The molecule has 5 nitrogen and oxygen atoms in total. The molecule has 0 aromatic heterocycles. The molecule has 2 heterocycles. The van der Waals surface area contributed by atoms with Crippen molar-refractivity contribution < 1.29 is 14.3 Å². The molecule has 0 N–H and O–H groups in total. The predicted molar refractivity (Wildman–Crippen MR) is 117 cm³/mol. The Hall–Kier alpha value is -2.37. The van der Waals surface area contributed by atoms with E-state index in [4.69, 9.17) is 9.47 Å². The molecule has 2 atom stereocenters. The van der Waals surface area contributed by atoms with Crippen LogP contribution in [0.5, 0.6) is 5.75 Å². The van der Waals surface area contributed by atoms with Crippen LogP contribution >= 0.6 is 0 Å². The molecule has 2 aromatic carbocycles. The summed E-state index contributed by atoms with van der Waals surface area (Å²) in [7, 11) is 1.67. The topological polar surface area (TPSA) is 42.0 Å². The van der Waals surface area contributed by atoms with Gasteiger partial charge < -0.3 is 19.3 Å². The average molecular weight is 409 g/mol. The standard InChI is InChI=1S/C25H32N2O3/c1-29-22-11-5-9-21(17-22)18-27-15-16-30-24-12-14-26(19-23(24)25(27)28)13-6-10-20-7-3-2-4-8-20/h2-5,7-9,11,17,23-24H,6,10,12-16,18-19H2,1H3. The molecule has 0 bridgehead atoms. The summed E-state index contributed by atoms with van der Waals surface area (Å²) in [4.78, 5) is 17.8. The van der Waals surface area contributed by atoms with Gasteiger partial charge in [0.1, 0.15) is 5.75 Å². The van der Waals surface area contributed by atoms with E-state index in [1.165, 1.54) is 5.56 Å². The number of methoxy groups -OCH3 is 1. The van der Waals surface area contributed by atoms with Gasteiger partial charge in [-0.3, -0.25) is 4.79 Å². The van der Waals surface area contributed by atoms with E-state index in [1.807, 2.05) is 23.1 Å². The second-order valence-electron chi connectivity index (χ2n) is 8.31. The van der Waals surface area contributed by atoms with E-state index in [2.05, 4.69) is 41.3 Å². The van der Waals surface area contributed by atoms with E-state index < -0.39 is 0 Å². The summed E-state index contributed by atoms with van der Waals surface area (Å²) in [6, 6.07) is 18.6. The third-order valence-electron chi connectivity index (χ3n) is 6.25. The maximum absolute atomic E-state index is 13.4. The quantitative estimate of drug-likeness (QED) is 0.704. The van der Waals surface area contributed by atoms with Gasteiger partial charge in [-0.25, -0.2) is 0 Å². The molecule has 5 heteroatoms. The van der Waals surface area contributed by atoms with Gasteiger partial charge in [0.15, 0.2) is 0 Å². The maximum atomic E-state index is 13.4. The number of carbonyl (C=O) groups is 1. The van der Waals surface area contributed by atoms with E-state index >= 15 is 0 Å². The van der Waals surface area contributed by atoms with Crippen LogP contribution in [0.2, 0.25) is 0 Å². The number of likely N-dealkylation sites (tertiary alicyclic amines) is 1. The SMILES string of the molecule is COc1cccc(CN2CCOC3CCN(CCCc4ccccc4)CC3C2=O)c1. The first kappa shape index (κ1) is 20.9. The second kappa shape index (κ2) is 10.1. The van der Waals surface area contributed by atoms with E-state index in [0.717, 1.165) is 50.2 Å². The van der Waals surface area contributed by atoms with Crippen molar-refractivity contribution in [2.75, 3.05) is 39.9 Å². The lowest BCUT2D eigenvalue weighted by molar-refractivity contribution is -0.139. The molecule has 0 radical (unpaired) electrons. The number of aryl methyl sites for hydroxylation is 1. The Bertz CT molecular complexity index is 826. The van der Waals surface area contributed by atoms with Gasteiger partial charge in [-0.05, 0) is 49.1 Å². The van der Waals surface area contributed by atoms with Gasteiger partial charge in [-0.15, -0.1) is 0 Å². The van der Waals surface area contributed by atoms with E-state index in [-0.39, 0.29) is 17.9 Å².